The molecule has 12 aromatic rings. The minimum Gasteiger partial charge on any atom is -0.374 e. The zero-order valence-corrected chi connectivity index (χ0v) is 69.0. The summed E-state index contributed by atoms with van der Waals surface area (Å²) in [4.78, 5) is 0. The van der Waals surface area contributed by atoms with Crippen molar-refractivity contribution in [2.24, 2.45) is 0 Å². The van der Waals surface area contributed by atoms with Gasteiger partial charge in [0.05, 0.1) is 112 Å². The fourth-order valence-electron chi connectivity index (χ4n) is 14.4. The SMILES string of the molecule is O=P(OCc1ccccc1)(OCC(OCc1ccccc1)C(OCc1ccccc1)C(CO[C@@H]1O[C@H](COCc2ccccc2)C(OCc2ccccc2)C1F)OCc1ccccc1)OC1C(F)[C@H](OCC(OCc2ccccc2)C(OCc2ccccc2)C(COCc2ccc3ccccc3c2)OCc2ccccc2)O[C@@H]1COCc1ccccc1. The van der Waals surface area contributed by atoms with Crippen molar-refractivity contribution >= 4 is 18.6 Å². The van der Waals surface area contributed by atoms with Gasteiger partial charge in [-0.05, 0) is 78.0 Å². The molecule has 2 saturated heterocycles. The average Bonchev–Trinajstić information content (AvgIpc) is 1.66. The van der Waals surface area contributed by atoms with Crippen LogP contribution in [0.4, 0.5) is 8.78 Å². The highest BCUT2D eigenvalue weighted by atomic mass is 31.2. The third-order valence-corrected chi connectivity index (χ3v) is 22.3. The van der Waals surface area contributed by atoms with Gasteiger partial charge in [-0.3, -0.25) is 13.6 Å². The Morgan fingerprint density at radius 2 is 0.574 bits per heavy atom. The van der Waals surface area contributed by atoms with Crippen molar-refractivity contribution < 1.29 is 93.2 Å². The summed E-state index contributed by atoms with van der Waals surface area (Å²) in [6, 6.07) is 110. The summed E-state index contributed by atoms with van der Waals surface area (Å²) in [5, 5.41) is 2.18. The number of halogens is 2. The first-order valence-electron chi connectivity index (χ1n) is 41.5. The number of phosphoric acid groups is 1. The van der Waals surface area contributed by atoms with Crippen LogP contribution in [0.5, 0.6) is 0 Å². The van der Waals surface area contributed by atoms with Crippen molar-refractivity contribution in [3.63, 3.8) is 0 Å². The van der Waals surface area contributed by atoms with Crippen LogP contribution in [0.3, 0.4) is 0 Å². The molecule has 11 unspecified atom stereocenters. The number of hydrogen-bond acceptors (Lipinski definition) is 18. The fraction of sp³-hybridized carbons (Fsp3) is 0.307. The molecule has 12 aromatic carbocycles. The summed E-state index contributed by atoms with van der Waals surface area (Å²) in [7, 11) is -5.14. The molecule has 0 N–H and O–H groups in total. The smallest absolute Gasteiger partial charge is 0.374 e. The summed E-state index contributed by atoms with van der Waals surface area (Å²) in [5.41, 5.74) is 9.08. The molecule has 15 atom stereocenters. The molecule has 2 fully saturated rings. The summed E-state index contributed by atoms with van der Waals surface area (Å²) >= 11 is 0. The Hall–Kier alpha value is -9.69. The van der Waals surface area contributed by atoms with E-state index in [0.29, 0.717) is 5.56 Å². The van der Waals surface area contributed by atoms with Gasteiger partial charge in [0.2, 0.25) is 0 Å². The van der Waals surface area contributed by atoms with Crippen LogP contribution in [0.1, 0.15) is 61.2 Å². The Bertz CT molecular complexity index is 4940. The first-order chi connectivity index (χ1) is 60.2. The molecule has 2 aliphatic rings. The fourth-order valence-corrected chi connectivity index (χ4v) is 15.8. The Balaban J connectivity index is 0.779. The molecule has 2 heterocycles. The van der Waals surface area contributed by atoms with Gasteiger partial charge in [-0.2, -0.15) is 0 Å². The molecule has 122 heavy (non-hydrogen) atoms. The molecule has 0 aromatic heterocycles. The van der Waals surface area contributed by atoms with Crippen molar-refractivity contribution in [2.75, 3.05) is 39.6 Å². The van der Waals surface area contributed by atoms with Crippen LogP contribution in [0.25, 0.3) is 10.8 Å². The quantitative estimate of drug-likeness (QED) is 0.0329. The first kappa shape index (κ1) is 88.6. The van der Waals surface area contributed by atoms with Crippen LogP contribution in [0.2, 0.25) is 0 Å². The molecular formula is C101H105F2O18P. The normalized spacial score (nSPS) is 19.8. The van der Waals surface area contributed by atoms with E-state index < -0.39 is 100 Å². The second-order valence-electron chi connectivity index (χ2n) is 30.0. The Morgan fingerprint density at radius 1 is 0.270 bits per heavy atom. The van der Waals surface area contributed by atoms with Crippen molar-refractivity contribution in [3.05, 3.63) is 407 Å². The zero-order chi connectivity index (χ0) is 83.4. The summed E-state index contributed by atoms with van der Waals surface area (Å²) in [5.74, 6) is 0. The lowest BCUT2D eigenvalue weighted by Gasteiger charge is -2.35. The van der Waals surface area contributed by atoms with Gasteiger partial charge in [-0.15, -0.1) is 0 Å². The molecular weight excluding hydrogens is 1570 g/mol. The maximum Gasteiger partial charge on any atom is 0.475 e. The van der Waals surface area contributed by atoms with E-state index in [9.17, 15) is 0 Å². The molecule has 0 bridgehead atoms. The van der Waals surface area contributed by atoms with E-state index in [4.69, 9.17) is 79.9 Å². The maximum atomic E-state index is 18.8. The third kappa shape index (κ3) is 27.7. The van der Waals surface area contributed by atoms with Gasteiger partial charge in [0.25, 0.3) is 0 Å². The predicted octanol–water partition coefficient (Wildman–Crippen LogP) is 19.8. The van der Waals surface area contributed by atoms with Gasteiger partial charge < -0.3 is 66.3 Å². The Kier molecular flexibility index (Phi) is 34.7. The van der Waals surface area contributed by atoms with E-state index in [1.54, 1.807) is 24.3 Å². The van der Waals surface area contributed by atoms with Gasteiger partial charge >= 0.3 is 7.82 Å². The van der Waals surface area contributed by atoms with Crippen molar-refractivity contribution in [3.8, 4) is 0 Å². The Morgan fingerprint density at radius 3 is 0.967 bits per heavy atom. The first-order valence-corrected chi connectivity index (χ1v) is 42.9. The van der Waals surface area contributed by atoms with Crippen LogP contribution in [0.15, 0.2) is 346 Å². The van der Waals surface area contributed by atoms with Gasteiger partial charge in [0.15, 0.2) is 24.9 Å². The van der Waals surface area contributed by atoms with Gasteiger partial charge in [0, 0.05) is 0 Å². The zero-order valence-electron chi connectivity index (χ0n) is 68.1. The third-order valence-electron chi connectivity index (χ3n) is 20.9. The van der Waals surface area contributed by atoms with Crippen molar-refractivity contribution in [2.45, 2.75) is 159 Å². The number of benzene rings is 12. The van der Waals surface area contributed by atoms with Crippen LogP contribution < -0.4 is 0 Å². The highest BCUT2D eigenvalue weighted by molar-refractivity contribution is 7.48. The standard InChI is InChI=1S/C101H105F2O18P/c102-94-98(114-67-83-49-27-9-28-50-83)92(70-105-58-75-33-11-1-12-34-75)119-100(94)115-73-90(110-63-79-41-19-5-20-42-79)97(113-66-82-47-25-8-26-48-82)91(111-64-80-43-21-6-22-44-80)74-118-122(104,117-68-84-51-29-10-30-52-84)121-99-93(71-106-59-76-35-13-2-14-36-76)120-101(95(99)103)116-72-89(109-62-78-39-17-4-18-40-78)96(112-65-81-45-23-7-24-46-81)88(108-61-77-37-15-3-16-38-77)69-107-60-85-55-56-86-53-31-32-54-87(86)57-85/h1-57,88-101H,58-74H2/t88?,89?,90?,91?,92-,93-,94?,95?,96?,97?,98?,99?,100-,101-,122?/m1/s1. The summed E-state index contributed by atoms with van der Waals surface area (Å²) in [6.45, 7) is -0.936. The van der Waals surface area contributed by atoms with Crippen LogP contribution >= 0.6 is 7.82 Å². The highest BCUT2D eigenvalue weighted by Crippen LogP contribution is 2.54. The minimum atomic E-state index is -5.14. The predicted molar refractivity (Wildman–Crippen MR) is 460 cm³/mol. The maximum absolute atomic E-state index is 18.8. The van der Waals surface area contributed by atoms with E-state index in [1.165, 1.54) is 0 Å². The lowest BCUT2D eigenvalue weighted by molar-refractivity contribution is -0.214. The molecule has 18 nitrogen and oxygen atoms in total. The second kappa shape index (κ2) is 47.8. The summed E-state index contributed by atoms with van der Waals surface area (Å²) < 4.78 is 167. The molecule has 2 aliphatic heterocycles. The van der Waals surface area contributed by atoms with Crippen LogP contribution in [-0.2, 0) is 157 Å². The van der Waals surface area contributed by atoms with Gasteiger partial charge in [0.1, 0.15) is 61.0 Å². The number of hydrogen-bond donors (Lipinski definition) is 0. The van der Waals surface area contributed by atoms with Crippen LogP contribution in [0, 0.1) is 0 Å². The van der Waals surface area contributed by atoms with Crippen molar-refractivity contribution in [1.29, 1.82) is 0 Å². The molecule has 0 saturated carbocycles. The molecule has 14 rings (SSSR count). The van der Waals surface area contributed by atoms with Gasteiger partial charge in [-0.1, -0.05) is 340 Å². The number of phosphoric ester groups is 1. The van der Waals surface area contributed by atoms with Crippen molar-refractivity contribution in [1.82, 2.24) is 0 Å². The lowest BCUT2D eigenvalue weighted by Crippen LogP contribution is -2.48. The monoisotopic (exact) mass is 1670 g/mol. The van der Waals surface area contributed by atoms with Gasteiger partial charge in [-0.25, -0.2) is 13.3 Å². The molecule has 21 heteroatoms. The van der Waals surface area contributed by atoms with E-state index >= 15 is 13.3 Å². The molecule has 636 valence electrons. The minimum absolute atomic E-state index is 0.0129. The largest absolute Gasteiger partial charge is 0.475 e. The number of fused-ring (bicyclic) bond motifs is 1. The van der Waals surface area contributed by atoms with E-state index in [-0.39, 0.29) is 106 Å². The topological polar surface area (TPSA) is 174 Å². The van der Waals surface area contributed by atoms with Crippen LogP contribution in [-0.4, -0.2) is 126 Å². The summed E-state index contributed by atoms with van der Waals surface area (Å²) in [6.07, 6.45) is -18.8. The molecule has 0 spiro atoms. The number of alkyl halides is 2. The lowest BCUT2D eigenvalue weighted by atomic mass is 10.1. The highest BCUT2D eigenvalue weighted by Gasteiger charge is 2.53. The molecule has 0 aliphatic carbocycles. The number of rotatable bonds is 51. The number of ether oxygens (including phenoxy) is 14. The Labute approximate surface area is 713 Å². The second-order valence-corrected chi connectivity index (χ2v) is 31.7. The van der Waals surface area contributed by atoms with E-state index in [1.807, 2.05) is 297 Å². The van der Waals surface area contributed by atoms with E-state index in [0.717, 1.165) is 66.4 Å². The average molecular weight is 1680 g/mol. The molecule has 0 amide bonds. The molecule has 0 radical (unpaired) electrons. The van der Waals surface area contributed by atoms with E-state index in [2.05, 4.69) is 24.3 Å².